The number of aryl methyl sites for hydroxylation is 1. The summed E-state index contributed by atoms with van der Waals surface area (Å²) in [5.41, 5.74) is 10.9. The molecule has 3 rings (SSSR count). The summed E-state index contributed by atoms with van der Waals surface area (Å²) in [6.07, 6.45) is 3.19. The van der Waals surface area contributed by atoms with Crippen LogP contribution < -0.4 is 11.2 Å². The number of ether oxygens (including phenoxy) is 1. The van der Waals surface area contributed by atoms with Gasteiger partial charge in [-0.2, -0.15) is 0 Å². The van der Waals surface area contributed by atoms with Crippen molar-refractivity contribution >= 4 is 23.7 Å². The van der Waals surface area contributed by atoms with E-state index in [4.69, 9.17) is 10.5 Å². The van der Waals surface area contributed by atoms with Gasteiger partial charge in [0.2, 0.25) is 11.8 Å². The largest absolute Gasteiger partial charge is 0.463 e. The predicted molar refractivity (Wildman–Crippen MR) is 143 cm³/mol. The van der Waals surface area contributed by atoms with Gasteiger partial charge in [0.25, 0.3) is 5.91 Å². The fourth-order valence-corrected chi connectivity index (χ4v) is 3.81. The highest BCUT2D eigenvalue weighted by molar-refractivity contribution is 5.95. The lowest BCUT2D eigenvalue weighted by atomic mass is 10.1. The topological polar surface area (TPSA) is 135 Å². The van der Waals surface area contributed by atoms with E-state index in [2.05, 4.69) is 10.4 Å². The van der Waals surface area contributed by atoms with Gasteiger partial charge in [-0.3, -0.25) is 19.8 Å². The molecule has 9 heteroatoms. The molecule has 0 radical (unpaired) electrons. The second kappa shape index (κ2) is 14.2. The third-order valence-corrected chi connectivity index (χ3v) is 5.74. The van der Waals surface area contributed by atoms with Gasteiger partial charge in [-0.05, 0) is 43.0 Å². The molecule has 3 amide bonds. The Balaban J connectivity index is 1.85. The van der Waals surface area contributed by atoms with Gasteiger partial charge in [0.1, 0.15) is 5.69 Å². The summed E-state index contributed by atoms with van der Waals surface area (Å²) in [4.78, 5) is 53.2. The minimum Gasteiger partial charge on any atom is -0.463 e. The summed E-state index contributed by atoms with van der Waals surface area (Å²) in [5, 5.41) is 1.16. The molecule has 38 heavy (non-hydrogen) atoms. The molecule has 0 bridgehead atoms. The van der Waals surface area contributed by atoms with Crippen LogP contribution in [0.2, 0.25) is 0 Å². The number of nitrogens with two attached hydrogens (primary N) is 1. The maximum Gasteiger partial charge on any atom is 0.330 e. The Hall–Kier alpha value is -4.66. The maximum absolute atomic E-state index is 13.4. The van der Waals surface area contributed by atoms with Crippen LogP contribution in [-0.2, 0) is 25.5 Å². The van der Waals surface area contributed by atoms with Crippen molar-refractivity contribution in [1.29, 1.82) is 0 Å². The Morgan fingerprint density at radius 3 is 2.32 bits per heavy atom. The molecule has 1 heterocycles. The van der Waals surface area contributed by atoms with Crippen LogP contribution in [0.4, 0.5) is 0 Å². The number of benzene rings is 2. The fourth-order valence-electron chi connectivity index (χ4n) is 3.81. The average Bonchev–Trinajstić information content (AvgIpc) is 3.42. The third-order valence-electron chi connectivity index (χ3n) is 5.74. The second-order valence-corrected chi connectivity index (χ2v) is 8.53. The van der Waals surface area contributed by atoms with Crippen molar-refractivity contribution in [3.05, 3.63) is 96.2 Å². The molecule has 0 aliphatic rings. The first-order chi connectivity index (χ1) is 18.4. The molecular weight excluding hydrogens is 484 g/mol. The number of rotatable bonds is 12. The summed E-state index contributed by atoms with van der Waals surface area (Å²) < 4.78 is 4.95. The van der Waals surface area contributed by atoms with Crippen molar-refractivity contribution in [2.45, 2.75) is 38.6 Å². The number of nitrogens with zero attached hydrogens (tertiary/aromatic N) is 1. The monoisotopic (exact) mass is 516 g/mol. The number of hydrogen-bond acceptors (Lipinski definition) is 5. The average molecular weight is 517 g/mol. The van der Waals surface area contributed by atoms with E-state index >= 15 is 0 Å². The van der Waals surface area contributed by atoms with E-state index in [0.29, 0.717) is 6.42 Å². The SMILES string of the molecule is CCOC(=O)C=C[C@H](CCC(N)=O)N(NC(=O)c1ccc(-c2ccccc2)[nH]1)C(=O)CCc1ccccc1. The number of aromatic amines is 1. The zero-order valence-electron chi connectivity index (χ0n) is 21.3. The molecule has 1 atom stereocenters. The van der Waals surface area contributed by atoms with Gasteiger partial charge in [-0.1, -0.05) is 66.7 Å². The molecule has 1 aromatic heterocycles. The lowest BCUT2D eigenvalue weighted by Gasteiger charge is -2.30. The Kier molecular flexibility index (Phi) is 10.4. The van der Waals surface area contributed by atoms with E-state index in [9.17, 15) is 19.2 Å². The highest BCUT2D eigenvalue weighted by atomic mass is 16.5. The summed E-state index contributed by atoms with van der Waals surface area (Å²) in [6.45, 7) is 1.86. The van der Waals surface area contributed by atoms with Gasteiger partial charge in [0.05, 0.1) is 12.6 Å². The van der Waals surface area contributed by atoms with Crippen LogP contribution in [-0.4, -0.2) is 46.3 Å². The van der Waals surface area contributed by atoms with Crippen molar-refractivity contribution in [3.8, 4) is 11.3 Å². The second-order valence-electron chi connectivity index (χ2n) is 8.53. The quantitative estimate of drug-likeness (QED) is 0.192. The zero-order chi connectivity index (χ0) is 27.3. The first kappa shape index (κ1) is 27.9. The van der Waals surface area contributed by atoms with Crippen LogP contribution >= 0.6 is 0 Å². The Bertz CT molecular complexity index is 1250. The van der Waals surface area contributed by atoms with Crippen LogP contribution in [0.1, 0.15) is 42.2 Å². The number of H-pyrrole nitrogens is 1. The van der Waals surface area contributed by atoms with E-state index in [-0.39, 0.29) is 37.5 Å². The lowest BCUT2D eigenvalue weighted by Crippen LogP contribution is -2.51. The van der Waals surface area contributed by atoms with Crippen LogP contribution in [0, 0.1) is 0 Å². The zero-order valence-corrected chi connectivity index (χ0v) is 21.3. The van der Waals surface area contributed by atoms with E-state index in [1.54, 1.807) is 19.1 Å². The molecule has 2 aromatic carbocycles. The maximum atomic E-state index is 13.4. The number of nitrogens with one attached hydrogen (secondary N) is 2. The molecule has 0 spiro atoms. The molecule has 9 nitrogen and oxygen atoms in total. The molecule has 198 valence electrons. The summed E-state index contributed by atoms with van der Waals surface area (Å²) in [6, 6.07) is 21.5. The summed E-state index contributed by atoms with van der Waals surface area (Å²) in [7, 11) is 0. The number of carbonyl (C=O) groups is 4. The normalized spacial score (nSPS) is 11.6. The van der Waals surface area contributed by atoms with Crippen molar-refractivity contribution < 1.29 is 23.9 Å². The highest BCUT2D eigenvalue weighted by Crippen LogP contribution is 2.18. The van der Waals surface area contributed by atoms with Crippen molar-refractivity contribution in [2.75, 3.05) is 6.61 Å². The Morgan fingerprint density at radius 2 is 1.66 bits per heavy atom. The number of aromatic nitrogens is 1. The molecule has 0 unspecified atom stereocenters. The van der Waals surface area contributed by atoms with Crippen LogP contribution in [0.3, 0.4) is 0 Å². The molecule has 4 N–H and O–H groups in total. The number of hydrogen-bond donors (Lipinski definition) is 3. The molecule has 0 aliphatic carbocycles. The van der Waals surface area contributed by atoms with Crippen LogP contribution in [0.5, 0.6) is 0 Å². The van der Waals surface area contributed by atoms with Crippen molar-refractivity contribution in [1.82, 2.24) is 15.4 Å². The van der Waals surface area contributed by atoms with Crippen molar-refractivity contribution in [3.63, 3.8) is 0 Å². The van der Waals surface area contributed by atoms with Crippen LogP contribution in [0.15, 0.2) is 84.9 Å². The number of amides is 3. The summed E-state index contributed by atoms with van der Waals surface area (Å²) >= 11 is 0. The lowest BCUT2D eigenvalue weighted by molar-refractivity contribution is -0.138. The van der Waals surface area contributed by atoms with E-state index < -0.39 is 23.8 Å². The standard InChI is InChI=1S/C29H32N4O5/c1-2-38-28(36)20-15-23(14-18-26(30)34)33(27(35)19-13-21-9-5-3-6-10-21)32-29(37)25-17-16-24(31-25)22-11-7-4-8-12-22/h3-12,15-17,20,23,31H,2,13-14,18-19H2,1H3,(H2,30,34)(H,32,37)/t23-/m0/s1. The van der Waals surface area contributed by atoms with E-state index in [1.165, 1.54) is 12.2 Å². The summed E-state index contributed by atoms with van der Waals surface area (Å²) in [5.74, 6) is -2.11. The molecule has 0 fully saturated rings. The molecule has 0 aliphatic heterocycles. The van der Waals surface area contributed by atoms with Crippen molar-refractivity contribution in [2.24, 2.45) is 5.73 Å². The molecular formula is C29H32N4O5. The fraction of sp³-hybridized carbons (Fsp3) is 0.241. The van der Waals surface area contributed by atoms with Crippen LogP contribution in [0.25, 0.3) is 11.3 Å². The van der Waals surface area contributed by atoms with E-state index in [1.807, 2.05) is 60.7 Å². The van der Waals surface area contributed by atoms with Gasteiger partial charge >= 0.3 is 5.97 Å². The number of primary amides is 1. The number of carbonyl (C=O) groups excluding carboxylic acids is 4. The van der Waals surface area contributed by atoms with E-state index in [0.717, 1.165) is 21.8 Å². The van der Waals surface area contributed by atoms with Gasteiger partial charge < -0.3 is 15.5 Å². The Labute approximate surface area is 221 Å². The molecule has 3 aromatic rings. The molecule has 0 saturated carbocycles. The first-order valence-electron chi connectivity index (χ1n) is 12.4. The Morgan fingerprint density at radius 1 is 0.974 bits per heavy atom. The first-order valence-corrected chi connectivity index (χ1v) is 12.4. The van der Waals surface area contributed by atoms with Gasteiger partial charge in [0, 0.05) is 24.6 Å². The van der Waals surface area contributed by atoms with Gasteiger partial charge in [0.15, 0.2) is 0 Å². The third kappa shape index (κ3) is 8.48. The minimum absolute atomic E-state index is 0.0587. The highest BCUT2D eigenvalue weighted by Gasteiger charge is 2.25. The van der Waals surface area contributed by atoms with Gasteiger partial charge in [-0.25, -0.2) is 9.80 Å². The number of hydrazine groups is 1. The predicted octanol–water partition coefficient (Wildman–Crippen LogP) is 3.54. The molecule has 0 saturated heterocycles. The minimum atomic E-state index is -0.817. The number of esters is 1. The van der Waals surface area contributed by atoms with Gasteiger partial charge in [-0.15, -0.1) is 0 Å². The smallest absolute Gasteiger partial charge is 0.330 e.